The summed E-state index contributed by atoms with van der Waals surface area (Å²) in [5.41, 5.74) is 0.961. The van der Waals surface area contributed by atoms with Crippen LogP contribution in [0.5, 0.6) is 0 Å². The predicted molar refractivity (Wildman–Crippen MR) is 77.2 cm³/mol. The number of aliphatic hydroxyl groups excluding tert-OH is 1. The number of hydrogen-bond donors (Lipinski definition) is 2. The number of aliphatic hydroxyl groups is 1. The topological polar surface area (TPSA) is 67.8 Å². The summed E-state index contributed by atoms with van der Waals surface area (Å²) >= 11 is 6.07. The molecule has 0 bridgehead atoms. The number of carbonyl (C=O) groups excluding carboxylic acids is 1. The smallest absolute Gasteiger partial charge is 0.220 e. The zero-order valence-corrected chi connectivity index (χ0v) is 12.3. The van der Waals surface area contributed by atoms with Crippen molar-refractivity contribution in [1.29, 1.82) is 0 Å². The lowest BCUT2D eigenvalue weighted by atomic mass is 10.1. The molecule has 21 heavy (non-hydrogen) atoms. The summed E-state index contributed by atoms with van der Waals surface area (Å²) in [6.07, 6.45) is -0.209. The van der Waals surface area contributed by atoms with Gasteiger partial charge in [0.25, 0.3) is 0 Å². The molecule has 2 N–H and O–H groups in total. The Morgan fingerprint density at radius 2 is 2.05 bits per heavy atom. The molecule has 6 heteroatoms. The van der Waals surface area contributed by atoms with Crippen LogP contribution in [0.4, 0.5) is 0 Å². The van der Waals surface area contributed by atoms with Crippen LogP contribution in [-0.4, -0.2) is 48.6 Å². The maximum Gasteiger partial charge on any atom is 0.220 e. The number of carbonyl (C=O) groups is 1. The maximum atomic E-state index is 12.0. The largest absolute Gasteiger partial charge is 0.388 e. The molecule has 1 aromatic rings. The summed E-state index contributed by atoms with van der Waals surface area (Å²) in [7, 11) is 0. The lowest BCUT2D eigenvalue weighted by molar-refractivity contribution is -0.122. The van der Waals surface area contributed by atoms with Crippen LogP contribution in [-0.2, 0) is 20.7 Å². The molecular formula is C15H18ClNO4. The van der Waals surface area contributed by atoms with E-state index in [1.54, 1.807) is 0 Å². The normalized spacial score (nSPS) is 31.1. The van der Waals surface area contributed by atoms with Gasteiger partial charge in [0.1, 0.15) is 18.3 Å². The van der Waals surface area contributed by atoms with E-state index in [0.29, 0.717) is 24.5 Å². The number of fused-ring (bicyclic) bond motifs is 1. The van der Waals surface area contributed by atoms with E-state index >= 15 is 0 Å². The first-order valence-electron chi connectivity index (χ1n) is 7.09. The number of amides is 1. The minimum atomic E-state index is -0.597. The molecule has 1 aromatic carbocycles. The van der Waals surface area contributed by atoms with E-state index in [9.17, 15) is 9.90 Å². The molecule has 5 nitrogen and oxygen atoms in total. The van der Waals surface area contributed by atoms with Crippen molar-refractivity contribution < 1.29 is 19.4 Å². The van der Waals surface area contributed by atoms with Gasteiger partial charge < -0.3 is 19.9 Å². The van der Waals surface area contributed by atoms with Crippen LogP contribution in [0.1, 0.15) is 12.0 Å². The lowest BCUT2D eigenvalue weighted by Gasteiger charge is -2.17. The van der Waals surface area contributed by atoms with Gasteiger partial charge in [0, 0.05) is 11.4 Å². The Labute approximate surface area is 128 Å². The molecule has 2 aliphatic heterocycles. The number of benzene rings is 1. The van der Waals surface area contributed by atoms with Crippen molar-refractivity contribution in [3.05, 3.63) is 34.9 Å². The first kappa shape index (κ1) is 14.8. The van der Waals surface area contributed by atoms with Crippen molar-refractivity contribution in [2.24, 2.45) is 0 Å². The molecule has 2 heterocycles. The van der Waals surface area contributed by atoms with Crippen LogP contribution in [0.2, 0.25) is 5.02 Å². The first-order chi connectivity index (χ1) is 10.1. The predicted octanol–water partition coefficient (Wildman–Crippen LogP) is 0.916. The molecule has 2 fully saturated rings. The third kappa shape index (κ3) is 3.21. The fourth-order valence-electron chi connectivity index (χ4n) is 2.83. The third-order valence-corrected chi connectivity index (χ3v) is 4.32. The molecule has 3 rings (SSSR count). The van der Waals surface area contributed by atoms with Gasteiger partial charge >= 0.3 is 0 Å². The highest BCUT2D eigenvalue weighted by molar-refractivity contribution is 6.31. The Bertz CT molecular complexity index is 524. The Morgan fingerprint density at radius 1 is 1.29 bits per heavy atom. The summed E-state index contributed by atoms with van der Waals surface area (Å²) < 4.78 is 10.9. The molecule has 2 aliphatic rings. The van der Waals surface area contributed by atoms with Gasteiger partial charge in [-0.3, -0.25) is 4.79 Å². The lowest BCUT2D eigenvalue weighted by Crippen LogP contribution is -2.44. The fourth-order valence-corrected chi connectivity index (χ4v) is 3.06. The Kier molecular flexibility index (Phi) is 4.45. The van der Waals surface area contributed by atoms with E-state index in [1.165, 1.54) is 0 Å². The zero-order valence-electron chi connectivity index (χ0n) is 11.5. The van der Waals surface area contributed by atoms with E-state index in [4.69, 9.17) is 21.1 Å². The van der Waals surface area contributed by atoms with Crippen LogP contribution >= 0.6 is 11.6 Å². The van der Waals surface area contributed by atoms with Crippen molar-refractivity contribution in [2.45, 2.75) is 37.2 Å². The highest BCUT2D eigenvalue weighted by atomic mass is 35.5. The van der Waals surface area contributed by atoms with Crippen LogP contribution < -0.4 is 5.32 Å². The second-order valence-electron chi connectivity index (χ2n) is 5.43. The molecule has 0 aliphatic carbocycles. The molecule has 0 saturated carbocycles. The SMILES string of the molecule is O=C(CCc1ccccc1Cl)N[C@H]1CO[C@H]2[C@@H]1OC[C@H]2O. The van der Waals surface area contributed by atoms with E-state index in [0.717, 1.165) is 5.56 Å². The van der Waals surface area contributed by atoms with Gasteiger partial charge in [-0.15, -0.1) is 0 Å². The van der Waals surface area contributed by atoms with Crippen molar-refractivity contribution in [3.63, 3.8) is 0 Å². The van der Waals surface area contributed by atoms with Gasteiger partial charge in [0.2, 0.25) is 5.91 Å². The minimum Gasteiger partial charge on any atom is -0.388 e. The zero-order chi connectivity index (χ0) is 14.8. The molecular weight excluding hydrogens is 294 g/mol. The Morgan fingerprint density at radius 3 is 2.86 bits per heavy atom. The monoisotopic (exact) mass is 311 g/mol. The highest BCUT2D eigenvalue weighted by Crippen LogP contribution is 2.27. The molecule has 4 atom stereocenters. The van der Waals surface area contributed by atoms with Gasteiger partial charge in [-0.1, -0.05) is 29.8 Å². The van der Waals surface area contributed by atoms with Gasteiger partial charge in [-0.05, 0) is 18.1 Å². The number of aryl methyl sites for hydroxylation is 1. The molecule has 114 valence electrons. The fraction of sp³-hybridized carbons (Fsp3) is 0.533. The summed E-state index contributed by atoms with van der Waals surface area (Å²) in [5, 5.41) is 13.3. The van der Waals surface area contributed by atoms with Crippen LogP contribution in [0.25, 0.3) is 0 Å². The summed E-state index contributed by atoms with van der Waals surface area (Å²) in [4.78, 5) is 12.0. The van der Waals surface area contributed by atoms with Crippen molar-refractivity contribution in [2.75, 3.05) is 13.2 Å². The molecule has 0 aromatic heterocycles. The van der Waals surface area contributed by atoms with Gasteiger partial charge in [0.15, 0.2) is 0 Å². The molecule has 2 saturated heterocycles. The van der Waals surface area contributed by atoms with Gasteiger partial charge in [0.05, 0.1) is 19.3 Å². The van der Waals surface area contributed by atoms with E-state index in [2.05, 4.69) is 5.32 Å². The summed E-state index contributed by atoms with van der Waals surface area (Å²) in [5.74, 6) is -0.0610. The second-order valence-corrected chi connectivity index (χ2v) is 5.84. The van der Waals surface area contributed by atoms with E-state index in [1.807, 2.05) is 24.3 Å². The van der Waals surface area contributed by atoms with Crippen LogP contribution in [0.15, 0.2) is 24.3 Å². The van der Waals surface area contributed by atoms with Crippen molar-refractivity contribution >= 4 is 17.5 Å². The number of ether oxygens (including phenoxy) is 2. The van der Waals surface area contributed by atoms with E-state index in [-0.39, 0.29) is 30.8 Å². The first-order valence-corrected chi connectivity index (χ1v) is 7.47. The second kappa shape index (κ2) is 6.32. The highest BCUT2D eigenvalue weighted by Gasteiger charge is 2.47. The van der Waals surface area contributed by atoms with E-state index < -0.39 is 6.10 Å². The van der Waals surface area contributed by atoms with Crippen molar-refractivity contribution in [1.82, 2.24) is 5.32 Å². The summed E-state index contributed by atoms with van der Waals surface area (Å²) in [6.45, 7) is 0.644. The maximum absolute atomic E-state index is 12.0. The average molecular weight is 312 g/mol. The molecule has 0 radical (unpaired) electrons. The van der Waals surface area contributed by atoms with Crippen molar-refractivity contribution in [3.8, 4) is 0 Å². The molecule has 1 amide bonds. The minimum absolute atomic E-state index is 0.0610. The standard InChI is InChI=1S/C15H18ClNO4/c16-10-4-2-1-3-9(10)5-6-13(19)17-11-7-20-15-12(18)8-21-14(11)15/h1-4,11-12,14-15,18H,5-8H2,(H,17,19)/t11-,12+,14+,15+/m0/s1. The van der Waals surface area contributed by atoms with Crippen LogP contribution in [0, 0.1) is 0 Å². The third-order valence-electron chi connectivity index (χ3n) is 3.95. The van der Waals surface area contributed by atoms with Gasteiger partial charge in [-0.25, -0.2) is 0 Å². The van der Waals surface area contributed by atoms with Crippen LogP contribution in [0.3, 0.4) is 0 Å². The number of rotatable bonds is 4. The molecule has 0 spiro atoms. The summed E-state index contributed by atoms with van der Waals surface area (Å²) in [6, 6.07) is 7.32. The quantitative estimate of drug-likeness (QED) is 0.867. The Hall–Kier alpha value is -1.14. The number of halogens is 1. The average Bonchev–Trinajstić information content (AvgIpc) is 3.03. The number of nitrogens with one attached hydrogen (secondary N) is 1. The Balaban J connectivity index is 1.50. The number of hydrogen-bond acceptors (Lipinski definition) is 4. The molecule has 0 unspecified atom stereocenters. The van der Waals surface area contributed by atoms with Gasteiger partial charge in [-0.2, -0.15) is 0 Å².